The molecule has 0 aliphatic carbocycles. The molecule has 25 heavy (non-hydrogen) atoms. The average molecular weight is 346 g/mol. The molecule has 0 spiro atoms. The van der Waals surface area contributed by atoms with Crippen molar-refractivity contribution in [3.05, 3.63) is 72.6 Å². The van der Waals surface area contributed by atoms with E-state index < -0.39 is 0 Å². The van der Waals surface area contributed by atoms with E-state index in [1.54, 1.807) is 22.6 Å². The predicted molar refractivity (Wildman–Crippen MR) is 104 cm³/mol. The Morgan fingerprint density at radius 1 is 1.00 bits per heavy atom. The fraction of sp³-hybridized carbons (Fsp3) is 0.100. The van der Waals surface area contributed by atoms with Gasteiger partial charge in [-0.1, -0.05) is 36.0 Å². The molecular weight excluding hydrogens is 328 g/mol. The molecular formula is C20H18N4S. The van der Waals surface area contributed by atoms with Crippen LogP contribution in [0.3, 0.4) is 0 Å². The molecule has 4 rings (SSSR count). The third-order valence-electron chi connectivity index (χ3n) is 3.91. The molecule has 5 heteroatoms. The Balaban J connectivity index is 1.73. The molecule has 1 N–H and O–H groups in total. The molecule has 2 aromatic carbocycles. The van der Waals surface area contributed by atoms with Crippen LogP contribution >= 0.6 is 11.8 Å². The number of pyridine rings is 1. The second-order valence-corrected chi connectivity index (χ2v) is 7.05. The van der Waals surface area contributed by atoms with Gasteiger partial charge in [0.05, 0.1) is 16.8 Å². The van der Waals surface area contributed by atoms with Crippen LogP contribution in [0.4, 0.5) is 11.4 Å². The van der Waals surface area contributed by atoms with Crippen molar-refractivity contribution in [1.82, 2.24) is 14.8 Å². The molecule has 0 atom stereocenters. The van der Waals surface area contributed by atoms with Crippen LogP contribution in [0.2, 0.25) is 0 Å². The zero-order chi connectivity index (χ0) is 17.2. The van der Waals surface area contributed by atoms with E-state index in [9.17, 15) is 0 Å². The van der Waals surface area contributed by atoms with E-state index in [0.717, 1.165) is 22.4 Å². The molecule has 2 heterocycles. The van der Waals surface area contributed by atoms with Gasteiger partial charge in [0.15, 0.2) is 5.65 Å². The maximum atomic E-state index is 4.38. The molecule has 0 aliphatic heterocycles. The Morgan fingerprint density at radius 2 is 1.84 bits per heavy atom. The minimum Gasteiger partial charge on any atom is -0.354 e. The van der Waals surface area contributed by atoms with Crippen molar-refractivity contribution in [2.75, 3.05) is 5.32 Å². The number of anilines is 2. The van der Waals surface area contributed by atoms with Crippen LogP contribution in [-0.2, 0) is 7.05 Å². The lowest BCUT2D eigenvalue weighted by Crippen LogP contribution is -1.94. The van der Waals surface area contributed by atoms with Crippen molar-refractivity contribution in [3.63, 3.8) is 0 Å². The normalized spacial score (nSPS) is 11.0. The fourth-order valence-corrected chi connectivity index (χ4v) is 3.64. The minimum atomic E-state index is 0.748. The highest BCUT2D eigenvalue weighted by Crippen LogP contribution is 2.36. The molecule has 0 aliphatic rings. The standard InChI is InChI=1S/C20H18N4S/c1-14-8-9-19(25-15-6-4-3-5-7-15)18(12-14)22-17-10-11-21-20-16(17)13-24(2)23-20/h3-13,22H,1-2H3. The van der Waals surface area contributed by atoms with Crippen LogP contribution in [0, 0.1) is 6.92 Å². The van der Waals surface area contributed by atoms with Crippen molar-refractivity contribution in [1.29, 1.82) is 0 Å². The van der Waals surface area contributed by atoms with Crippen molar-refractivity contribution in [2.24, 2.45) is 7.05 Å². The lowest BCUT2D eigenvalue weighted by atomic mass is 10.2. The Kier molecular flexibility index (Phi) is 4.15. The van der Waals surface area contributed by atoms with Crippen molar-refractivity contribution >= 4 is 34.2 Å². The van der Waals surface area contributed by atoms with Gasteiger partial charge in [0.25, 0.3) is 0 Å². The van der Waals surface area contributed by atoms with Crippen LogP contribution in [-0.4, -0.2) is 14.8 Å². The number of rotatable bonds is 4. The van der Waals surface area contributed by atoms with Gasteiger partial charge in [-0.3, -0.25) is 4.68 Å². The zero-order valence-corrected chi connectivity index (χ0v) is 14.9. The van der Waals surface area contributed by atoms with Crippen molar-refractivity contribution in [3.8, 4) is 0 Å². The van der Waals surface area contributed by atoms with Crippen LogP contribution in [0.1, 0.15) is 5.56 Å². The first-order chi connectivity index (χ1) is 12.2. The van der Waals surface area contributed by atoms with Gasteiger partial charge in [0.2, 0.25) is 0 Å². The smallest absolute Gasteiger partial charge is 0.183 e. The van der Waals surface area contributed by atoms with Crippen molar-refractivity contribution in [2.45, 2.75) is 16.7 Å². The van der Waals surface area contributed by atoms with Gasteiger partial charge in [-0.25, -0.2) is 4.98 Å². The van der Waals surface area contributed by atoms with Crippen LogP contribution < -0.4 is 5.32 Å². The van der Waals surface area contributed by atoms with Gasteiger partial charge in [0.1, 0.15) is 0 Å². The van der Waals surface area contributed by atoms with Gasteiger partial charge >= 0.3 is 0 Å². The van der Waals surface area contributed by atoms with E-state index in [4.69, 9.17) is 0 Å². The predicted octanol–water partition coefficient (Wildman–Crippen LogP) is 5.17. The molecule has 0 radical (unpaired) electrons. The molecule has 4 aromatic rings. The number of aryl methyl sites for hydroxylation is 2. The molecule has 0 bridgehead atoms. The number of fused-ring (bicyclic) bond motifs is 1. The first-order valence-corrected chi connectivity index (χ1v) is 8.89. The molecule has 0 saturated heterocycles. The Labute approximate surface area is 150 Å². The third-order valence-corrected chi connectivity index (χ3v) is 5.00. The Hall–Kier alpha value is -2.79. The third kappa shape index (κ3) is 3.37. The molecule has 2 aromatic heterocycles. The summed E-state index contributed by atoms with van der Waals surface area (Å²) in [6.07, 6.45) is 3.78. The van der Waals surface area contributed by atoms with E-state index in [0.29, 0.717) is 0 Å². The quantitative estimate of drug-likeness (QED) is 0.553. The van der Waals surface area contributed by atoms with E-state index in [-0.39, 0.29) is 0 Å². The topological polar surface area (TPSA) is 42.7 Å². The fourth-order valence-electron chi connectivity index (χ4n) is 2.73. The Bertz CT molecular complexity index is 1020. The summed E-state index contributed by atoms with van der Waals surface area (Å²) in [6.45, 7) is 2.11. The molecule has 124 valence electrons. The highest BCUT2D eigenvalue weighted by atomic mass is 32.2. The lowest BCUT2D eigenvalue weighted by molar-refractivity contribution is 0.776. The molecule has 0 fully saturated rings. The van der Waals surface area contributed by atoms with Gasteiger partial charge < -0.3 is 5.32 Å². The SMILES string of the molecule is Cc1ccc(Sc2ccccc2)c(Nc2ccnc3nn(C)cc23)c1. The van der Waals surface area contributed by atoms with E-state index in [1.165, 1.54) is 15.4 Å². The first kappa shape index (κ1) is 15.7. The monoisotopic (exact) mass is 346 g/mol. The van der Waals surface area contributed by atoms with Gasteiger partial charge in [-0.15, -0.1) is 0 Å². The van der Waals surface area contributed by atoms with E-state index in [1.807, 2.05) is 25.4 Å². The number of nitrogens with one attached hydrogen (secondary N) is 1. The number of aromatic nitrogens is 3. The summed E-state index contributed by atoms with van der Waals surface area (Å²) in [5, 5.41) is 8.98. The molecule has 0 unspecified atom stereocenters. The number of hydrogen-bond donors (Lipinski definition) is 1. The van der Waals surface area contributed by atoms with Gasteiger partial charge in [-0.05, 0) is 42.8 Å². The van der Waals surface area contributed by atoms with Crippen LogP contribution in [0.5, 0.6) is 0 Å². The number of hydrogen-bond acceptors (Lipinski definition) is 4. The highest BCUT2D eigenvalue weighted by Gasteiger charge is 2.10. The van der Waals surface area contributed by atoms with E-state index in [2.05, 4.69) is 64.8 Å². The zero-order valence-electron chi connectivity index (χ0n) is 14.1. The summed E-state index contributed by atoms with van der Waals surface area (Å²) in [4.78, 5) is 6.74. The maximum Gasteiger partial charge on any atom is 0.183 e. The largest absolute Gasteiger partial charge is 0.354 e. The summed E-state index contributed by atoms with van der Waals surface area (Å²) in [7, 11) is 1.91. The minimum absolute atomic E-state index is 0.748. The number of nitrogens with zero attached hydrogens (tertiary/aromatic N) is 3. The number of benzene rings is 2. The summed E-state index contributed by atoms with van der Waals surface area (Å²) in [5.74, 6) is 0. The second-order valence-electron chi connectivity index (χ2n) is 5.94. The molecule has 0 saturated carbocycles. The molecule has 0 amide bonds. The van der Waals surface area contributed by atoms with Crippen LogP contribution in [0.25, 0.3) is 11.0 Å². The van der Waals surface area contributed by atoms with Gasteiger partial charge in [-0.2, -0.15) is 5.10 Å². The summed E-state index contributed by atoms with van der Waals surface area (Å²) in [5.41, 5.74) is 4.07. The molecule has 4 nitrogen and oxygen atoms in total. The first-order valence-electron chi connectivity index (χ1n) is 8.08. The maximum absolute atomic E-state index is 4.38. The summed E-state index contributed by atoms with van der Waals surface area (Å²) in [6, 6.07) is 18.9. The van der Waals surface area contributed by atoms with Crippen molar-refractivity contribution < 1.29 is 0 Å². The van der Waals surface area contributed by atoms with E-state index >= 15 is 0 Å². The highest BCUT2D eigenvalue weighted by molar-refractivity contribution is 7.99. The average Bonchev–Trinajstić information content (AvgIpc) is 3.00. The van der Waals surface area contributed by atoms with Crippen LogP contribution in [0.15, 0.2) is 76.8 Å². The summed E-state index contributed by atoms with van der Waals surface area (Å²) < 4.78 is 1.79. The van der Waals surface area contributed by atoms with Gasteiger partial charge in [0, 0.05) is 29.2 Å². The lowest BCUT2D eigenvalue weighted by Gasteiger charge is -2.13. The summed E-state index contributed by atoms with van der Waals surface area (Å²) >= 11 is 1.75. The Morgan fingerprint density at radius 3 is 2.68 bits per heavy atom. The second kappa shape index (κ2) is 6.61.